The molecule has 0 aliphatic carbocycles. The number of halogens is 2. The van der Waals surface area contributed by atoms with E-state index < -0.39 is 0 Å². The molecule has 0 fully saturated rings. The first-order valence-electron chi connectivity index (χ1n) is 5.72. The Labute approximate surface area is 123 Å². The van der Waals surface area contributed by atoms with E-state index in [4.69, 9.17) is 11.6 Å². The van der Waals surface area contributed by atoms with Crippen LogP contribution in [0, 0.1) is 0 Å². The smallest absolute Gasteiger partial charge is 0.152 e. The highest BCUT2D eigenvalue weighted by molar-refractivity contribution is 9.10. The van der Waals surface area contributed by atoms with Crippen molar-refractivity contribution in [2.24, 2.45) is 0 Å². The molecular formula is C15H9BrClNO. The van der Waals surface area contributed by atoms with E-state index in [0.29, 0.717) is 10.6 Å². The molecule has 0 saturated carbocycles. The lowest BCUT2D eigenvalue weighted by molar-refractivity contribution is 0.112. The quantitative estimate of drug-likeness (QED) is 0.653. The minimum Gasteiger partial charge on any atom is -0.353 e. The van der Waals surface area contributed by atoms with Crippen molar-refractivity contribution in [2.45, 2.75) is 0 Å². The largest absolute Gasteiger partial charge is 0.353 e. The molecule has 1 aromatic heterocycles. The number of benzene rings is 2. The van der Waals surface area contributed by atoms with Gasteiger partial charge in [0.05, 0.1) is 11.2 Å². The van der Waals surface area contributed by atoms with Gasteiger partial charge in [-0.1, -0.05) is 35.9 Å². The summed E-state index contributed by atoms with van der Waals surface area (Å²) in [6.07, 6.45) is 0.884. The summed E-state index contributed by atoms with van der Waals surface area (Å²) in [5, 5.41) is 1.59. The second-order valence-electron chi connectivity index (χ2n) is 4.20. The molecule has 0 spiro atoms. The van der Waals surface area contributed by atoms with Crippen molar-refractivity contribution in [3.8, 4) is 11.3 Å². The van der Waals surface area contributed by atoms with E-state index in [9.17, 15) is 4.79 Å². The first-order valence-corrected chi connectivity index (χ1v) is 6.89. The highest BCUT2D eigenvalue weighted by Crippen LogP contribution is 2.33. The molecule has 0 bridgehead atoms. The van der Waals surface area contributed by atoms with Crippen molar-refractivity contribution in [3.05, 3.63) is 57.5 Å². The van der Waals surface area contributed by atoms with Gasteiger partial charge >= 0.3 is 0 Å². The Bertz CT molecular complexity index is 762. The summed E-state index contributed by atoms with van der Waals surface area (Å²) in [6, 6.07) is 13.2. The number of aromatic nitrogens is 1. The normalized spacial score (nSPS) is 10.8. The SMILES string of the molecule is O=Cc1c(-c2ccc(Cl)cc2)[nH]c2c(Br)cccc12. The molecule has 0 atom stereocenters. The van der Waals surface area contributed by atoms with Gasteiger partial charge in [-0.05, 0) is 39.7 Å². The van der Waals surface area contributed by atoms with Crippen LogP contribution in [-0.4, -0.2) is 11.3 Å². The van der Waals surface area contributed by atoms with Gasteiger partial charge in [0.15, 0.2) is 6.29 Å². The van der Waals surface area contributed by atoms with E-state index in [1.807, 2.05) is 42.5 Å². The Morgan fingerprint density at radius 3 is 2.53 bits per heavy atom. The molecule has 0 saturated heterocycles. The zero-order valence-electron chi connectivity index (χ0n) is 9.78. The summed E-state index contributed by atoms with van der Waals surface area (Å²) in [5.74, 6) is 0. The molecular weight excluding hydrogens is 326 g/mol. The van der Waals surface area contributed by atoms with Crippen LogP contribution in [0.2, 0.25) is 5.02 Å². The molecule has 0 radical (unpaired) electrons. The van der Waals surface area contributed by atoms with E-state index in [1.54, 1.807) is 0 Å². The number of hydrogen-bond acceptors (Lipinski definition) is 1. The van der Waals surface area contributed by atoms with E-state index in [2.05, 4.69) is 20.9 Å². The summed E-state index contributed by atoms with van der Waals surface area (Å²) in [4.78, 5) is 14.7. The van der Waals surface area contributed by atoms with Crippen LogP contribution in [-0.2, 0) is 0 Å². The van der Waals surface area contributed by atoms with Gasteiger partial charge in [0.25, 0.3) is 0 Å². The van der Waals surface area contributed by atoms with Crippen LogP contribution in [0.3, 0.4) is 0 Å². The maximum absolute atomic E-state index is 11.4. The number of aldehydes is 1. The summed E-state index contributed by atoms with van der Waals surface area (Å²) < 4.78 is 0.938. The molecule has 0 aliphatic heterocycles. The van der Waals surface area contributed by atoms with Gasteiger partial charge in [-0.25, -0.2) is 0 Å². The van der Waals surface area contributed by atoms with Crippen molar-refractivity contribution in [1.82, 2.24) is 4.98 Å². The molecule has 3 rings (SSSR count). The lowest BCUT2D eigenvalue weighted by Crippen LogP contribution is -1.84. The van der Waals surface area contributed by atoms with Crippen molar-refractivity contribution >= 4 is 44.7 Å². The minimum absolute atomic E-state index is 0.665. The monoisotopic (exact) mass is 333 g/mol. The van der Waals surface area contributed by atoms with Crippen LogP contribution in [0.1, 0.15) is 10.4 Å². The fourth-order valence-corrected chi connectivity index (χ4v) is 2.76. The predicted octanol–water partition coefficient (Wildman–Crippen LogP) is 5.06. The van der Waals surface area contributed by atoms with E-state index in [1.165, 1.54) is 0 Å². The molecule has 19 heavy (non-hydrogen) atoms. The van der Waals surface area contributed by atoms with E-state index in [0.717, 1.165) is 32.9 Å². The topological polar surface area (TPSA) is 32.9 Å². The van der Waals surface area contributed by atoms with Gasteiger partial charge < -0.3 is 4.98 Å². The molecule has 1 heterocycles. The van der Waals surface area contributed by atoms with Gasteiger partial charge in [-0.2, -0.15) is 0 Å². The molecule has 0 aliphatic rings. The summed E-state index contributed by atoms with van der Waals surface area (Å²) in [6.45, 7) is 0. The van der Waals surface area contributed by atoms with Gasteiger partial charge in [-0.3, -0.25) is 4.79 Å². The predicted molar refractivity (Wildman–Crippen MR) is 81.8 cm³/mol. The molecule has 94 valence electrons. The van der Waals surface area contributed by atoms with Crippen molar-refractivity contribution in [3.63, 3.8) is 0 Å². The Morgan fingerprint density at radius 2 is 1.84 bits per heavy atom. The maximum atomic E-state index is 11.4. The van der Waals surface area contributed by atoms with Crippen molar-refractivity contribution in [2.75, 3.05) is 0 Å². The first kappa shape index (κ1) is 12.5. The minimum atomic E-state index is 0.665. The third-order valence-electron chi connectivity index (χ3n) is 3.07. The van der Waals surface area contributed by atoms with Crippen LogP contribution in [0.25, 0.3) is 22.2 Å². The number of rotatable bonds is 2. The van der Waals surface area contributed by atoms with Crippen LogP contribution in [0.4, 0.5) is 0 Å². The van der Waals surface area contributed by atoms with Crippen LogP contribution in [0.15, 0.2) is 46.9 Å². The Morgan fingerprint density at radius 1 is 1.11 bits per heavy atom. The Balaban J connectivity index is 2.32. The number of carbonyl (C=O) groups excluding carboxylic acids is 1. The Hall–Kier alpha value is -1.58. The standard InChI is InChI=1S/C15H9BrClNO/c16-13-3-1-2-11-12(8-19)14(18-15(11)13)9-4-6-10(17)7-5-9/h1-8,18H. The average molecular weight is 335 g/mol. The second-order valence-corrected chi connectivity index (χ2v) is 5.49. The van der Waals surface area contributed by atoms with Gasteiger partial charge in [0.2, 0.25) is 0 Å². The number of para-hydroxylation sites is 1. The fraction of sp³-hybridized carbons (Fsp3) is 0. The molecule has 2 aromatic carbocycles. The second kappa shape index (κ2) is 4.83. The number of hydrogen-bond donors (Lipinski definition) is 1. The molecule has 0 unspecified atom stereocenters. The third kappa shape index (κ3) is 2.09. The van der Waals surface area contributed by atoms with Crippen LogP contribution >= 0.6 is 27.5 Å². The number of aromatic amines is 1. The van der Waals surface area contributed by atoms with Crippen LogP contribution in [0.5, 0.6) is 0 Å². The van der Waals surface area contributed by atoms with Gasteiger partial charge in [0.1, 0.15) is 0 Å². The molecule has 0 amide bonds. The summed E-state index contributed by atoms with van der Waals surface area (Å²) in [5.41, 5.74) is 3.34. The third-order valence-corrected chi connectivity index (χ3v) is 3.99. The fourth-order valence-electron chi connectivity index (χ4n) is 2.17. The van der Waals surface area contributed by atoms with E-state index in [-0.39, 0.29) is 0 Å². The zero-order chi connectivity index (χ0) is 13.4. The van der Waals surface area contributed by atoms with Crippen molar-refractivity contribution in [1.29, 1.82) is 0 Å². The highest BCUT2D eigenvalue weighted by Gasteiger charge is 2.13. The molecule has 2 nitrogen and oxygen atoms in total. The summed E-state index contributed by atoms with van der Waals surface area (Å²) >= 11 is 9.38. The highest BCUT2D eigenvalue weighted by atomic mass is 79.9. The van der Waals surface area contributed by atoms with E-state index >= 15 is 0 Å². The molecule has 3 aromatic rings. The molecule has 4 heteroatoms. The summed E-state index contributed by atoms with van der Waals surface area (Å²) in [7, 11) is 0. The van der Waals surface area contributed by atoms with Crippen LogP contribution < -0.4 is 0 Å². The van der Waals surface area contributed by atoms with Gasteiger partial charge in [-0.15, -0.1) is 0 Å². The average Bonchev–Trinajstić information content (AvgIpc) is 2.79. The number of H-pyrrole nitrogens is 1. The van der Waals surface area contributed by atoms with Crippen molar-refractivity contribution < 1.29 is 4.79 Å². The number of nitrogens with one attached hydrogen (secondary N) is 1. The number of carbonyl (C=O) groups is 1. The number of fused-ring (bicyclic) bond motifs is 1. The first-order chi connectivity index (χ1) is 9.20. The Kier molecular flexibility index (Phi) is 3.17. The zero-order valence-corrected chi connectivity index (χ0v) is 12.1. The van der Waals surface area contributed by atoms with Gasteiger partial charge in [0, 0.05) is 20.4 Å². The lowest BCUT2D eigenvalue weighted by Gasteiger charge is -1.99. The maximum Gasteiger partial charge on any atom is 0.152 e. The lowest BCUT2D eigenvalue weighted by atomic mass is 10.1. The molecule has 1 N–H and O–H groups in total.